The minimum atomic E-state index is -0.536. The molecule has 106 valence electrons. The summed E-state index contributed by atoms with van der Waals surface area (Å²) in [7, 11) is 0. The Labute approximate surface area is 122 Å². The summed E-state index contributed by atoms with van der Waals surface area (Å²) in [5, 5.41) is 12.1. The fraction of sp³-hybridized carbons (Fsp3) is 0.357. The molecule has 1 aromatic heterocycles. The Morgan fingerprint density at radius 2 is 2.05 bits per heavy atom. The minimum Gasteiger partial charge on any atom is -0.481 e. The van der Waals surface area contributed by atoms with Gasteiger partial charge < -0.3 is 4.74 Å². The topological polar surface area (TPSA) is 64.1 Å². The van der Waals surface area contributed by atoms with Crippen molar-refractivity contribution >= 4 is 22.4 Å². The molecule has 0 spiro atoms. The molecule has 0 fully saturated rings. The van der Waals surface area contributed by atoms with Gasteiger partial charge in [-0.3, -0.25) is 10.1 Å². The number of carbonyl (C=O) groups excluding carboxylic acids is 1. The number of nitrogens with zero attached hydrogens (tertiary/aromatic N) is 2. The molecule has 1 atom stereocenters. The third-order valence-electron chi connectivity index (χ3n) is 2.68. The van der Waals surface area contributed by atoms with E-state index in [2.05, 4.69) is 15.5 Å². The highest BCUT2D eigenvalue weighted by atomic mass is 32.1. The maximum absolute atomic E-state index is 12.1. The Hall–Kier alpha value is -1.95. The molecule has 1 amide bonds. The molecule has 0 unspecified atom stereocenters. The van der Waals surface area contributed by atoms with Crippen molar-refractivity contribution in [3.63, 3.8) is 0 Å². The molecular formula is C14H17N3O2S. The van der Waals surface area contributed by atoms with Gasteiger partial charge in [0.05, 0.1) is 0 Å². The molecular weight excluding hydrogens is 274 g/mol. The Morgan fingerprint density at radius 1 is 1.30 bits per heavy atom. The van der Waals surface area contributed by atoms with Gasteiger partial charge in [0.1, 0.15) is 10.8 Å². The third kappa shape index (κ3) is 3.77. The first kappa shape index (κ1) is 14.5. The van der Waals surface area contributed by atoms with Crippen molar-refractivity contribution in [2.75, 3.05) is 5.32 Å². The quantitative estimate of drug-likeness (QED) is 0.889. The van der Waals surface area contributed by atoms with E-state index in [1.807, 2.05) is 44.2 Å². The molecule has 0 aliphatic heterocycles. The summed E-state index contributed by atoms with van der Waals surface area (Å²) in [5.74, 6) is 0.483. The van der Waals surface area contributed by atoms with Gasteiger partial charge in [-0.15, -0.1) is 10.2 Å². The zero-order chi connectivity index (χ0) is 14.4. The van der Waals surface area contributed by atoms with Crippen molar-refractivity contribution in [2.24, 2.45) is 0 Å². The van der Waals surface area contributed by atoms with Crippen LogP contribution in [0.15, 0.2) is 30.3 Å². The number of rotatable bonds is 6. The Morgan fingerprint density at radius 3 is 2.65 bits per heavy atom. The van der Waals surface area contributed by atoms with Crippen LogP contribution in [0.25, 0.3) is 0 Å². The van der Waals surface area contributed by atoms with Crippen molar-refractivity contribution in [3.05, 3.63) is 35.3 Å². The van der Waals surface area contributed by atoms with E-state index in [-0.39, 0.29) is 5.91 Å². The van der Waals surface area contributed by atoms with Crippen molar-refractivity contribution in [2.45, 2.75) is 32.8 Å². The van der Waals surface area contributed by atoms with Crippen LogP contribution in [0.5, 0.6) is 5.75 Å². The lowest BCUT2D eigenvalue weighted by Crippen LogP contribution is -2.32. The highest BCUT2D eigenvalue weighted by Crippen LogP contribution is 2.17. The van der Waals surface area contributed by atoms with Gasteiger partial charge in [-0.1, -0.05) is 43.4 Å². The molecule has 1 aromatic carbocycles. The van der Waals surface area contributed by atoms with E-state index in [1.54, 1.807) is 0 Å². The summed E-state index contributed by atoms with van der Waals surface area (Å²) in [6, 6.07) is 9.31. The molecule has 2 aromatic rings. The predicted molar refractivity (Wildman–Crippen MR) is 79.1 cm³/mol. The summed E-state index contributed by atoms with van der Waals surface area (Å²) in [5.41, 5.74) is 0. The molecule has 5 nitrogen and oxygen atoms in total. The number of para-hydroxylation sites is 1. The van der Waals surface area contributed by atoms with Crippen LogP contribution >= 0.6 is 11.3 Å². The van der Waals surface area contributed by atoms with E-state index in [0.29, 0.717) is 17.3 Å². The van der Waals surface area contributed by atoms with E-state index in [4.69, 9.17) is 4.74 Å². The Kier molecular flexibility index (Phi) is 5.06. The van der Waals surface area contributed by atoms with E-state index in [1.165, 1.54) is 11.3 Å². The van der Waals surface area contributed by atoms with Gasteiger partial charge in [-0.2, -0.15) is 0 Å². The maximum Gasteiger partial charge on any atom is 0.267 e. The van der Waals surface area contributed by atoms with E-state index in [0.717, 1.165) is 11.4 Å². The van der Waals surface area contributed by atoms with E-state index in [9.17, 15) is 4.79 Å². The molecule has 0 bridgehead atoms. The molecule has 1 heterocycles. The number of anilines is 1. The second-order valence-electron chi connectivity index (χ2n) is 4.17. The van der Waals surface area contributed by atoms with Gasteiger partial charge in [0, 0.05) is 0 Å². The van der Waals surface area contributed by atoms with Crippen molar-refractivity contribution < 1.29 is 9.53 Å². The molecule has 0 saturated heterocycles. The number of benzene rings is 1. The van der Waals surface area contributed by atoms with Crippen LogP contribution in [0.4, 0.5) is 5.13 Å². The smallest absolute Gasteiger partial charge is 0.267 e. The van der Waals surface area contributed by atoms with Crippen molar-refractivity contribution in [1.29, 1.82) is 0 Å². The second kappa shape index (κ2) is 7.00. The molecule has 20 heavy (non-hydrogen) atoms. The van der Waals surface area contributed by atoms with Gasteiger partial charge in [-0.05, 0) is 25.0 Å². The molecule has 0 saturated carbocycles. The lowest BCUT2D eigenvalue weighted by Gasteiger charge is -2.16. The molecule has 6 heteroatoms. The monoisotopic (exact) mass is 291 g/mol. The second-order valence-corrected chi connectivity index (χ2v) is 5.23. The number of hydrogen-bond acceptors (Lipinski definition) is 5. The van der Waals surface area contributed by atoms with E-state index < -0.39 is 6.10 Å². The maximum atomic E-state index is 12.1. The summed E-state index contributed by atoms with van der Waals surface area (Å²) >= 11 is 1.39. The van der Waals surface area contributed by atoms with Crippen LogP contribution < -0.4 is 10.1 Å². The molecule has 0 aliphatic rings. The Bertz CT molecular complexity index is 557. The average Bonchev–Trinajstić information content (AvgIpc) is 2.93. The molecule has 0 aliphatic carbocycles. The number of carbonyl (C=O) groups is 1. The Balaban J connectivity index is 1.98. The standard InChI is InChI=1S/C14H17N3O2S/c1-3-11(19-10-8-6-5-7-9-10)13(18)15-14-17-16-12(4-2)20-14/h5-9,11H,3-4H2,1-2H3,(H,15,17,18)/t11-/m0/s1. The van der Waals surface area contributed by atoms with Crippen molar-refractivity contribution in [3.8, 4) is 5.75 Å². The summed E-state index contributed by atoms with van der Waals surface area (Å²) in [6.45, 7) is 3.91. The predicted octanol–water partition coefficient (Wildman–Crippen LogP) is 2.90. The average molecular weight is 291 g/mol. The van der Waals surface area contributed by atoms with Crippen LogP contribution in [0.2, 0.25) is 0 Å². The number of amides is 1. The van der Waals surface area contributed by atoms with Gasteiger partial charge in [0.15, 0.2) is 6.10 Å². The van der Waals surface area contributed by atoms with Gasteiger partial charge in [0.2, 0.25) is 5.13 Å². The number of hydrogen-bond donors (Lipinski definition) is 1. The zero-order valence-electron chi connectivity index (χ0n) is 11.5. The molecule has 0 radical (unpaired) electrons. The van der Waals surface area contributed by atoms with Crippen LogP contribution in [-0.2, 0) is 11.2 Å². The summed E-state index contributed by atoms with van der Waals surface area (Å²) in [4.78, 5) is 12.1. The van der Waals surface area contributed by atoms with Gasteiger partial charge in [-0.25, -0.2) is 0 Å². The fourth-order valence-electron chi connectivity index (χ4n) is 1.62. The number of aromatic nitrogens is 2. The third-order valence-corrected chi connectivity index (χ3v) is 3.67. The largest absolute Gasteiger partial charge is 0.481 e. The van der Waals surface area contributed by atoms with Crippen LogP contribution in [0, 0.1) is 0 Å². The summed E-state index contributed by atoms with van der Waals surface area (Å²) < 4.78 is 5.68. The highest BCUT2D eigenvalue weighted by Gasteiger charge is 2.19. The van der Waals surface area contributed by atoms with E-state index >= 15 is 0 Å². The first-order valence-electron chi connectivity index (χ1n) is 6.57. The lowest BCUT2D eigenvalue weighted by molar-refractivity contribution is -0.122. The fourth-order valence-corrected chi connectivity index (χ4v) is 2.30. The first-order chi connectivity index (χ1) is 9.72. The number of nitrogens with one attached hydrogen (secondary N) is 1. The zero-order valence-corrected chi connectivity index (χ0v) is 12.3. The summed E-state index contributed by atoms with van der Waals surface area (Å²) in [6.07, 6.45) is 0.859. The number of ether oxygens (including phenoxy) is 1. The SMILES string of the molecule is CCc1nnc(NC(=O)[C@H](CC)Oc2ccccc2)s1. The highest BCUT2D eigenvalue weighted by molar-refractivity contribution is 7.15. The van der Waals surface area contributed by atoms with Crippen molar-refractivity contribution in [1.82, 2.24) is 10.2 Å². The van der Waals surface area contributed by atoms with Crippen LogP contribution in [0.3, 0.4) is 0 Å². The normalized spacial score (nSPS) is 11.9. The lowest BCUT2D eigenvalue weighted by atomic mass is 10.2. The van der Waals surface area contributed by atoms with Crippen LogP contribution in [0.1, 0.15) is 25.3 Å². The number of aryl methyl sites for hydroxylation is 1. The van der Waals surface area contributed by atoms with Crippen LogP contribution in [-0.4, -0.2) is 22.2 Å². The molecule has 1 N–H and O–H groups in total. The minimum absolute atomic E-state index is 0.199. The first-order valence-corrected chi connectivity index (χ1v) is 7.39. The molecule has 2 rings (SSSR count). The van der Waals surface area contributed by atoms with Gasteiger partial charge >= 0.3 is 0 Å². The van der Waals surface area contributed by atoms with Gasteiger partial charge in [0.25, 0.3) is 5.91 Å².